The second kappa shape index (κ2) is 4.49. The highest BCUT2D eigenvalue weighted by atomic mass is 16.5. The zero-order valence-corrected chi connectivity index (χ0v) is 9.13. The molecule has 4 heteroatoms. The second-order valence-electron chi connectivity index (χ2n) is 4.71. The number of carbonyl (C=O) groups is 1. The van der Waals surface area contributed by atoms with Gasteiger partial charge in [0.15, 0.2) is 0 Å². The lowest BCUT2D eigenvalue weighted by Crippen LogP contribution is -2.53. The zero-order valence-electron chi connectivity index (χ0n) is 9.13. The van der Waals surface area contributed by atoms with Crippen molar-refractivity contribution in [1.29, 1.82) is 0 Å². The average Bonchev–Trinajstić information content (AvgIpc) is 2.85. The molecule has 1 unspecified atom stereocenters. The zero-order chi connectivity index (χ0) is 10.7. The van der Waals surface area contributed by atoms with E-state index in [-0.39, 0.29) is 12.0 Å². The fourth-order valence-electron chi connectivity index (χ4n) is 2.42. The number of ether oxygens (including phenoxy) is 1. The molecule has 1 atom stereocenters. The average molecular weight is 212 g/mol. The maximum atomic E-state index is 11.8. The summed E-state index contributed by atoms with van der Waals surface area (Å²) in [6.07, 6.45) is 6.16. The number of hydrogen-bond donors (Lipinski definition) is 2. The number of rotatable bonds is 3. The lowest BCUT2D eigenvalue weighted by molar-refractivity contribution is -0.126. The van der Waals surface area contributed by atoms with Crippen molar-refractivity contribution >= 4 is 5.91 Å². The summed E-state index contributed by atoms with van der Waals surface area (Å²) < 4.78 is 5.44. The molecule has 2 aliphatic rings. The lowest BCUT2D eigenvalue weighted by Gasteiger charge is -2.23. The van der Waals surface area contributed by atoms with E-state index < -0.39 is 5.54 Å². The van der Waals surface area contributed by atoms with Gasteiger partial charge in [-0.15, -0.1) is 0 Å². The van der Waals surface area contributed by atoms with E-state index in [2.05, 4.69) is 5.32 Å². The summed E-state index contributed by atoms with van der Waals surface area (Å²) in [7, 11) is 0. The van der Waals surface area contributed by atoms with E-state index in [0.29, 0.717) is 6.54 Å². The van der Waals surface area contributed by atoms with Crippen molar-refractivity contribution in [3.63, 3.8) is 0 Å². The Hall–Kier alpha value is -0.610. The summed E-state index contributed by atoms with van der Waals surface area (Å²) >= 11 is 0. The van der Waals surface area contributed by atoms with Crippen molar-refractivity contribution in [2.45, 2.75) is 50.2 Å². The summed E-state index contributed by atoms with van der Waals surface area (Å²) in [5, 5.41) is 2.92. The monoisotopic (exact) mass is 212 g/mol. The number of nitrogens with one attached hydrogen (secondary N) is 1. The van der Waals surface area contributed by atoms with Gasteiger partial charge in [-0.3, -0.25) is 4.79 Å². The standard InChI is InChI=1S/C11H20N2O2/c12-11(5-1-2-6-11)10(14)13-8-9-4-3-7-15-9/h9H,1-8,12H2,(H,13,14). The summed E-state index contributed by atoms with van der Waals surface area (Å²) in [4.78, 5) is 11.8. The summed E-state index contributed by atoms with van der Waals surface area (Å²) in [5.74, 6) is 0.00972. The van der Waals surface area contributed by atoms with Crippen molar-refractivity contribution in [2.75, 3.05) is 13.2 Å². The quantitative estimate of drug-likeness (QED) is 0.718. The Morgan fingerprint density at radius 2 is 2.13 bits per heavy atom. The predicted octanol–water partition coefficient (Wildman–Crippen LogP) is 0.553. The van der Waals surface area contributed by atoms with Gasteiger partial charge in [0.2, 0.25) is 5.91 Å². The third-order valence-corrected chi connectivity index (χ3v) is 3.46. The Morgan fingerprint density at radius 1 is 1.40 bits per heavy atom. The third kappa shape index (κ3) is 2.49. The molecule has 1 heterocycles. The molecule has 3 N–H and O–H groups in total. The van der Waals surface area contributed by atoms with Gasteiger partial charge >= 0.3 is 0 Å². The van der Waals surface area contributed by atoms with Crippen molar-refractivity contribution < 1.29 is 9.53 Å². The maximum absolute atomic E-state index is 11.8. The lowest BCUT2D eigenvalue weighted by atomic mass is 9.98. The van der Waals surface area contributed by atoms with Crippen LogP contribution in [0, 0.1) is 0 Å². The van der Waals surface area contributed by atoms with Gasteiger partial charge in [0, 0.05) is 13.2 Å². The SMILES string of the molecule is NC1(C(=O)NCC2CCCO2)CCCC1. The molecule has 1 saturated carbocycles. The highest BCUT2D eigenvalue weighted by Gasteiger charge is 2.37. The van der Waals surface area contributed by atoms with Crippen LogP contribution in [0.2, 0.25) is 0 Å². The van der Waals surface area contributed by atoms with Crippen LogP contribution in [0.15, 0.2) is 0 Å². The molecule has 0 bridgehead atoms. The molecule has 0 aromatic carbocycles. The molecule has 2 fully saturated rings. The topological polar surface area (TPSA) is 64.4 Å². The van der Waals surface area contributed by atoms with Gasteiger partial charge in [0.25, 0.3) is 0 Å². The van der Waals surface area contributed by atoms with E-state index >= 15 is 0 Å². The van der Waals surface area contributed by atoms with Crippen molar-refractivity contribution in [1.82, 2.24) is 5.32 Å². The third-order valence-electron chi connectivity index (χ3n) is 3.46. The molecule has 15 heavy (non-hydrogen) atoms. The van der Waals surface area contributed by atoms with Gasteiger partial charge in [0.1, 0.15) is 0 Å². The van der Waals surface area contributed by atoms with E-state index in [1.165, 1.54) is 0 Å². The highest BCUT2D eigenvalue weighted by Crippen LogP contribution is 2.27. The van der Waals surface area contributed by atoms with Gasteiger partial charge < -0.3 is 15.8 Å². The maximum Gasteiger partial charge on any atom is 0.240 e. The van der Waals surface area contributed by atoms with E-state index in [0.717, 1.165) is 45.1 Å². The van der Waals surface area contributed by atoms with Gasteiger partial charge in [-0.1, -0.05) is 12.8 Å². The molecule has 1 aliphatic carbocycles. The first kappa shape index (κ1) is 10.9. The van der Waals surface area contributed by atoms with Crippen LogP contribution in [0.4, 0.5) is 0 Å². The Bertz CT molecular complexity index is 231. The molecule has 0 aromatic heterocycles. The molecule has 1 saturated heterocycles. The van der Waals surface area contributed by atoms with Gasteiger partial charge in [-0.25, -0.2) is 0 Å². The van der Waals surface area contributed by atoms with E-state index in [1.807, 2.05) is 0 Å². The Morgan fingerprint density at radius 3 is 2.73 bits per heavy atom. The van der Waals surface area contributed by atoms with Crippen LogP contribution >= 0.6 is 0 Å². The predicted molar refractivity (Wildman–Crippen MR) is 57.4 cm³/mol. The molecule has 0 radical (unpaired) electrons. The number of amides is 1. The fourth-order valence-corrected chi connectivity index (χ4v) is 2.42. The molecule has 0 aromatic rings. The van der Waals surface area contributed by atoms with Crippen LogP contribution < -0.4 is 11.1 Å². The molecule has 1 amide bonds. The number of nitrogens with two attached hydrogens (primary N) is 1. The Kier molecular flexibility index (Phi) is 3.26. The normalized spacial score (nSPS) is 29.3. The fraction of sp³-hybridized carbons (Fsp3) is 0.909. The van der Waals surface area contributed by atoms with Crippen LogP contribution in [0.5, 0.6) is 0 Å². The molecule has 1 aliphatic heterocycles. The highest BCUT2D eigenvalue weighted by molar-refractivity contribution is 5.86. The van der Waals surface area contributed by atoms with Crippen molar-refractivity contribution in [2.24, 2.45) is 5.73 Å². The first-order valence-corrected chi connectivity index (χ1v) is 5.89. The number of carbonyl (C=O) groups excluding carboxylic acids is 1. The van der Waals surface area contributed by atoms with Crippen LogP contribution in [0.3, 0.4) is 0 Å². The molecular weight excluding hydrogens is 192 g/mol. The summed E-state index contributed by atoms with van der Waals surface area (Å²) in [6.45, 7) is 1.45. The van der Waals surface area contributed by atoms with Gasteiger partial charge in [-0.2, -0.15) is 0 Å². The summed E-state index contributed by atoms with van der Waals surface area (Å²) in [6, 6.07) is 0. The minimum absolute atomic E-state index is 0.00972. The van der Waals surface area contributed by atoms with Crippen LogP contribution in [0.25, 0.3) is 0 Å². The Balaban J connectivity index is 1.76. The van der Waals surface area contributed by atoms with E-state index in [9.17, 15) is 4.79 Å². The van der Waals surface area contributed by atoms with Crippen molar-refractivity contribution in [3.8, 4) is 0 Å². The van der Waals surface area contributed by atoms with Crippen LogP contribution in [-0.4, -0.2) is 30.7 Å². The van der Waals surface area contributed by atoms with Gasteiger partial charge in [-0.05, 0) is 25.7 Å². The van der Waals surface area contributed by atoms with Crippen LogP contribution in [-0.2, 0) is 9.53 Å². The molecular formula is C11H20N2O2. The Labute approximate surface area is 90.5 Å². The van der Waals surface area contributed by atoms with Crippen LogP contribution in [0.1, 0.15) is 38.5 Å². The molecule has 86 valence electrons. The first-order valence-electron chi connectivity index (χ1n) is 5.89. The minimum Gasteiger partial charge on any atom is -0.376 e. The largest absolute Gasteiger partial charge is 0.376 e. The van der Waals surface area contributed by atoms with Gasteiger partial charge in [0.05, 0.1) is 11.6 Å². The first-order chi connectivity index (χ1) is 7.21. The van der Waals surface area contributed by atoms with E-state index in [4.69, 9.17) is 10.5 Å². The molecule has 2 rings (SSSR count). The number of hydrogen-bond acceptors (Lipinski definition) is 3. The smallest absolute Gasteiger partial charge is 0.240 e. The molecule has 4 nitrogen and oxygen atoms in total. The summed E-state index contributed by atoms with van der Waals surface area (Å²) in [5.41, 5.74) is 5.44. The minimum atomic E-state index is -0.599. The molecule has 0 spiro atoms. The van der Waals surface area contributed by atoms with Crippen molar-refractivity contribution in [3.05, 3.63) is 0 Å². The second-order valence-corrected chi connectivity index (χ2v) is 4.71. The van der Waals surface area contributed by atoms with E-state index in [1.54, 1.807) is 0 Å².